The summed E-state index contributed by atoms with van der Waals surface area (Å²) in [5.41, 5.74) is 20.3. The summed E-state index contributed by atoms with van der Waals surface area (Å²) in [6.45, 7) is 20.0. The molecule has 3 heterocycles. The third kappa shape index (κ3) is 9.43. The Hall–Kier alpha value is -7.98. The Labute approximate surface area is 462 Å². The number of ether oxygens (including phenoxy) is 1. The quantitative estimate of drug-likeness (QED) is 0.135. The smallest absolute Gasteiger partial charge is 0.135 e. The van der Waals surface area contributed by atoms with Crippen molar-refractivity contribution in [3.63, 3.8) is 0 Å². The number of pyridine rings is 1. The van der Waals surface area contributed by atoms with E-state index in [9.17, 15) is 0 Å². The van der Waals surface area contributed by atoms with Crippen LogP contribution in [0.1, 0.15) is 63.8 Å². The number of para-hydroxylation sites is 3. The molecule has 0 saturated heterocycles. The predicted molar refractivity (Wildman–Crippen MR) is 313 cm³/mol. The van der Waals surface area contributed by atoms with E-state index in [0.29, 0.717) is 11.5 Å². The van der Waals surface area contributed by atoms with Crippen LogP contribution in [0.3, 0.4) is 0 Å². The van der Waals surface area contributed by atoms with Gasteiger partial charge in [0, 0.05) is 78.0 Å². The number of aromatic nitrogens is 2. The average molecular weight is 1170 g/mol. The molecular formula is C70H59N4OPt-3. The summed E-state index contributed by atoms with van der Waals surface area (Å²) in [6.07, 6.45) is 2.00. The van der Waals surface area contributed by atoms with Gasteiger partial charge in [-0.2, -0.15) is 12.1 Å². The molecule has 0 amide bonds. The standard InChI is InChI=1S/C70H59N4O.Pt/c1-46-24-26-51(27-25-46)62-44-71-67(40-47(62)2)74-63-39-32-52(48-28-33-53(34-29-48)69(3,4)5)41-61(63)60-38-37-57(43-66(60)74)75-56-19-14-18-55(42-56)72-45-73(65-23-13-12-22-64(65)72)68-58(49-16-10-9-11-17-49)20-15-21-59(68)50-30-35-54(36-31-50)70(6,7)8;/h9-41,44-45H,1-8H3;/q-3;. The second-order valence-electron chi connectivity index (χ2n) is 21.9. The van der Waals surface area contributed by atoms with Gasteiger partial charge in [0.1, 0.15) is 5.82 Å². The minimum Gasteiger partial charge on any atom is -0.509 e. The maximum Gasteiger partial charge on any atom is 0.135 e. The van der Waals surface area contributed by atoms with Gasteiger partial charge in [-0.05, 0) is 98.8 Å². The monoisotopic (exact) mass is 1170 g/mol. The summed E-state index contributed by atoms with van der Waals surface area (Å²) in [5, 5.41) is 2.18. The first kappa shape index (κ1) is 50.2. The van der Waals surface area contributed by atoms with Gasteiger partial charge in [0.25, 0.3) is 0 Å². The summed E-state index contributed by atoms with van der Waals surface area (Å²) in [4.78, 5) is 9.70. The van der Waals surface area contributed by atoms with E-state index in [4.69, 9.17) is 9.72 Å². The van der Waals surface area contributed by atoms with Gasteiger partial charge in [0.15, 0.2) is 0 Å². The molecule has 0 spiro atoms. The molecular weight excluding hydrogens is 1110 g/mol. The minimum absolute atomic E-state index is 0. The normalized spacial score (nSPS) is 12.5. The van der Waals surface area contributed by atoms with Gasteiger partial charge in [-0.25, -0.2) is 4.98 Å². The van der Waals surface area contributed by atoms with Crippen LogP contribution in [0.5, 0.6) is 11.5 Å². The van der Waals surface area contributed by atoms with Crippen molar-refractivity contribution in [3.8, 4) is 61.8 Å². The van der Waals surface area contributed by atoms with Gasteiger partial charge in [0.2, 0.25) is 0 Å². The molecule has 0 aliphatic carbocycles. The third-order valence-corrected chi connectivity index (χ3v) is 14.7. The van der Waals surface area contributed by atoms with Crippen LogP contribution in [0.2, 0.25) is 0 Å². The van der Waals surface area contributed by atoms with Gasteiger partial charge in [-0.1, -0.05) is 198 Å². The van der Waals surface area contributed by atoms with Gasteiger partial charge in [0.05, 0.1) is 0 Å². The number of nitrogens with zero attached hydrogens (tertiary/aromatic N) is 4. The zero-order chi connectivity index (χ0) is 51.6. The van der Waals surface area contributed by atoms with Crippen molar-refractivity contribution < 1.29 is 25.8 Å². The fourth-order valence-corrected chi connectivity index (χ4v) is 10.5. The van der Waals surface area contributed by atoms with Gasteiger partial charge in [-0.15, -0.1) is 48.1 Å². The molecule has 0 fully saturated rings. The van der Waals surface area contributed by atoms with Crippen LogP contribution in [0.25, 0.3) is 72.1 Å². The van der Waals surface area contributed by atoms with E-state index in [1.807, 2.05) is 24.4 Å². The summed E-state index contributed by atoms with van der Waals surface area (Å²) in [7, 11) is 0. The second-order valence-corrected chi connectivity index (χ2v) is 21.9. The summed E-state index contributed by atoms with van der Waals surface area (Å²) >= 11 is 0. The van der Waals surface area contributed by atoms with Crippen LogP contribution in [0, 0.1) is 32.6 Å². The largest absolute Gasteiger partial charge is 0.509 e. The molecule has 0 N–H and O–H groups in total. The number of rotatable bonds is 9. The summed E-state index contributed by atoms with van der Waals surface area (Å²) in [6, 6.07) is 79.2. The molecule has 2 aromatic heterocycles. The molecule has 12 rings (SSSR count). The molecule has 0 saturated carbocycles. The fourth-order valence-electron chi connectivity index (χ4n) is 10.5. The van der Waals surface area contributed by atoms with Crippen LogP contribution in [-0.4, -0.2) is 9.55 Å². The Bertz CT molecular complexity index is 3920. The Kier molecular flexibility index (Phi) is 13.2. The van der Waals surface area contributed by atoms with Crippen LogP contribution in [0.4, 0.5) is 22.7 Å². The number of benzene rings is 9. The fraction of sp³-hybridized carbons (Fsp3) is 0.143. The van der Waals surface area contributed by atoms with Crippen LogP contribution < -0.4 is 14.5 Å². The van der Waals surface area contributed by atoms with Gasteiger partial charge in [-0.3, -0.25) is 0 Å². The van der Waals surface area contributed by atoms with Gasteiger partial charge < -0.3 is 19.1 Å². The van der Waals surface area contributed by atoms with Crippen molar-refractivity contribution in [2.45, 2.75) is 66.2 Å². The van der Waals surface area contributed by atoms with Crippen LogP contribution in [0.15, 0.2) is 206 Å². The van der Waals surface area contributed by atoms with Crippen molar-refractivity contribution >= 4 is 44.6 Å². The Morgan fingerprint density at radius 2 is 1.04 bits per heavy atom. The molecule has 5 nitrogen and oxygen atoms in total. The predicted octanol–water partition coefficient (Wildman–Crippen LogP) is 18.9. The number of hydrogen-bond donors (Lipinski definition) is 0. The van der Waals surface area contributed by atoms with Crippen molar-refractivity contribution in [3.05, 3.63) is 247 Å². The van der Waals surface area contributed by atoms with Crippen LogP contribution >= 0.6 is 0 Å². The molecule has 1 aliphatic rings. The van der Waals surface area contributed by atoms with Crippen LogP contribution in [-0.2, 0) is 31.9 Å². The van der Waals surface area contributed by atoms with E-state index in [-0.39, 0.29) is 31.9 Å². The molecule has 9 aromatic carbocycles. The Morgan fingerprint density at radius 1 is 0.474 bits per heavy atom. The van der Waals surface area contributed by atoms with E-state index in [1.54, 1.807) is 0 Å². The minimum atomic E-state index is 0. The maximum absolute atomic E-state index is 6.80. The van der Waals surface area contributed by atoms with Gasteiger partial charge >= 0.3 is 0 Å². The van der Waals surface area contributed by atoms with Crippen molar-refractivity contribution in [1.82, 2.24) is 9.55 Å². The van der Waals surface area contributed by atoms with E-state index in [1.165, 1.54) is 22.3 Å². The number of aryl methyl sites for hydroxylation is 2. The van der Waals surface area contributed by atoms with E-state index in [0.717, 1.165) is 94.9 Å². The molecule has 11 aromatic rings. The Morgan fingerprint density at radius 3 is 1.70 bits per heavy atom. The Balaban J connectivity index is 0.00000616. The third-order valence-electron chi connectivity index (χ3n) is 14.7. The number of hydrogen-bond acceptors (Lipinski definition) is 4. The first-order valence-electron chi connectivity index (χ1n) is 25.9. The van der Waals surface area contributed by atoms with E-state index < -0.39 is 0 Å². The molecule has 76 heavy (non-hydrogen) atoms. The van der Waals surface area contributed by atoms with Crippen molar-refractivity contribution in [2.75, 3.05) is 9.80 Å². The molecule has 0 bridgehead atoms. The second kappa shape index (κ2) is 19.9. The maximum atomic E-state index is 6.80. The molecule has 1 aliphatic heterocycles. The topological polar surface area (TPSA) is 33.5 Å². The van der Waals surface area contributed by atoms with Crippen molar-refractivity contribution in [2.24, 2.45) is 0 Å². The summed E-state index contributed by atoms with van der Waals surface area (Å²) < 4.78 is 9.03. The SMILES string of the molecule is Cc1ccc(-c2cnc(-n3c4[c-]c(Oc5[c-]c(N6[CH-]N(c7c(-c8ccccc8)cccc7-c7ccc(C(C)(C)C)cc7)c7ccccc76)ccc5)ccc4c4cc(-c5ccc(C(C)(C)C)cc5)ccc43)cc2C)cc1.[Pt]. The molecule has 0 radical (unpaired) electrons. The first-order valence-corrected chi connectivity index (χ1v) is 25.9. The van der Waals surface area contributed by atoms with E-state index >= 15 is 0 Å². The van der Waals surface area contributed by atoms with E-state index in [2.05, 4.69) is 271 Å². The number of fused-ring (bicyclic) bond motifs is 4. The molecule has 0 atom stereocenters. The zero-order valence-corrected chi connectivity index (χ0v) is 46.5. The molecule has 6 heteroatoms. The zero-order valence-electron chi connectivity index (χ0n) is 44.2. The number of anilines is 4. The molecule has 378 valence electrons. The van der Waals surface area contributed by atoms with Crippen molar-refractivity contribution in [1.29, 1.82) is 0 Å². The molecule has 0 unspecified atom stereocenters. The first-order chi connectivity index (χ1) is 36.2. The average Bonchev–Trinajstić information content (AvgIpc) is 3.97. The summed E-state index contributed by atoms with van der Waals surface area (Å²) in [5.74, 6) is 1.98.